The normalized spacial score (nSPS) is 11.9. The minimum absolute atomic E-state index is 0.0421. The lowest BCUT2D eigenvalue weighted by atomic mass is 10.1. The van der Waals surface area contributed by atoms with E-state index in [9.17, 15) is 26.4 Å². The summed E-state index contributed by atoms with van der Waals surface area (Å²) < 4.78 is 69.0. The van der Waals surface area contributed by atoms with E-state index in [1.807, 2.05) is 13.8 Å². The summed E-state index contributed by atoms with van der Waals surface area (Å²) in [5, 5.41) is 2.94. The monoisotopic (exact) mass is 514 g/mol. The Kier molecular flexibility index (Phi) is 6.44. The quantitative estimate of drug-likeness (QED) is 0.306. The molecule has 0 radical (unpaired) electrons. The van der Waals surface area contributed by atoms with E-state index in [0.717, 1.165) is 23.3 Å². The predicted octanol–water partition coefficient (Wildman–Crippen LogP) is 6.01. The summed E-state index contributed by atoms with van der Waals surface area (Å²) in [5.74, 6) is -0.519. The number of sulfonamides is 1. The second-order valence-corrected chi connectivity index (χ2v) is 9.86. The highest BCUT2D eigenvalue weighted by Gasteiger charge is 2.37. The third-order valence-corrected chi connectivity index (χ3v) is 6.92. The van der Waals surface area contributed by atoms with Gasteiger partial charge in [0.1, 0.15) is 0 Å². The number of hydrogen-bond acceptors (Lipinski definition) is 6. The van der Waals surface area contributed by atoms with Gasteiger partial charge in [0.05, 0.1) is 21.5 Å². The van der Waals surface area contributed by atoms with E-state index in [1.54, 1.807) is 36.4 Å². The molecule has 1 heterocycles. The number of carbonyl (C=O) groups excluding carboxylic acids is 1. The molecule has 0 amide bonds. The molecule has 36 heavy (non-hydrogen) atoms. The highest BCUT2D eigenvalue weighted by Crippen LogP contribution is 2.35. The van der Waals surface area contributed by atoms with Crippen LogP contribution in [0.3, 0.4) is 0 Å². The van der Waals surface area contributed by atoms with E-state index in [1.165, 1.54) is 13.0 Å². The molecule has 4 aromatic rings. The van der Waals surface area contributed by atoms with E-state index in [0.29, 0.717) is 28.4 Å². The minimum atomic E-state index is -4.89. The molecule has 0 aliphatic carbocycles. The fourth-order valence-corrected chi connectivity index (χ4v) is 4.78. The standard InChI is InChI=1S/C25H21F3N4O3S/c1-14-11-20-21(12-15(14)2)31-24(23(30-20)29-18-8-6-7-17(13-18)16(3)33)32-36(34,35)22-10-5-4-9-19(22)25(26,27)28/h4-13H,1-3H3,(H,29,30)(H,31,32). The number of alkyl halides is 3. The summed E-state index contributed by atoms with van der Waals surface area (Å²) in [5.41, 5.74) is 2.11. The largest absolute Gasteiger partial charge is 0.417 e. The molecular weight excluding hydrogens is 493 g/mol. The van der Waals surface area contributed by atoms with Crippen LogP contribution in [0.4, 0.5) is 30.5 Å². The van der Waals surface area contributed by atoms with Gasteiger partial charge < -0.3 is 5.32 Å². The minimum Gasteiger partial charge on any atom is -0.337 e. The van der Waals surface area contributed by atoms with Crippen LogP contribution in [-0.2, 0) is 16.2 Å². The van der Waals surface area contributed by atoms with Crippen LogP contribution < -0.4 is 10.0 Å². The van der Waals surface area contributed by atoms with Crippen molar-refractivity contribution in [3.05, 3.63) is 82.9 Å². The van der Waals surface area contributed by atoms with Crippen LogP contribution in [0.5, 0.6) is 0 Å². The Balaban J connectivity index is 1.86. The first-order chi connectivity index (χ1) is 16.8. The van der Waals surface area contributed by atoms with E-state index in [-0.39, 0.29) is 17.4 Å². The summed E-state index contributed by atoms with van der Waals surface area (Å²) in [4.78, 5) is 19.7. The summed E-state index contributed by atoms with van der Waals surface area (Å²) in [6.07, 6.45) is -4.89. The number of carbonyl (C=O) groups is 1. The van der Waals surface area contributed by atoms with Crippen molar-refractivity contribution in [1.82, 2.24) is 9.97 Å². The number of Topliss-reactive ketones (excluding diaryl/α,β-unsaturated/α-hetero) is 1. The molecule has 0 bridgehead atoms. The molecule has 11 heteroatoms. The van der Waals surface area contributed by atoms with Gasteiger partial charge in [-0.1, -0.05) is 24.3 Å². The fourth-order valence-electron chi connectivity index (χ4n) is 3.54. The molecule has 0 aliphatic heterocycles. The zero-order valence-corrected chi connectivity index (χ0v) is 20.3. The highest BCUT2D eigenvalue weighted by molar-refractivity contribution is 7.92. The van der Waals surface area contributed by atoms with Crippen LogP contribution >= 0.6 is 0 Å². The Morgan fingerprint density at radius 1 is 0.861 bits per heavy atom. The van der Waals surface area contributed by atoms with Crippen molar-refractivity contribution in [3.8, 4) is 0 Å². The fraction of sp³-hybridized carbons (Fsp3) is 0.160. The first-order valence-electron chi connectivity index (χ1n) is 10.7. The average molecular weight is 515 g/mol. The average Bonchev–Trinajstić information content (AvgIpc) is 2.80. The number of nitrogens with one attached hydrogen (secondary N) is 2. The Morgan fingerprint density at radius 2 is 1.47 bits per heavy atom. The number of halogens is 3. The van der Waals surface area contributed by atoms with Crippen LogP contribution in [0, 0.1) is 13.8 Å². The second-order valence-electron chi connectivity index (χ2n) is 8.21. The van der Waals surface area contributed by atoms with Crippen LogP contribution in [0.2, 0.25) is 0 Å². The van der Waals surface area contributed by atoms with Gasteiger partial charge in [-0.3, -0.25) is 9.52 Å². The van der Waals surface area contributed by atoms with Gasteiger partial charge in [0.25, 0.3) is 10.0 Å². The Morgan fingerprint density at radius 3 is 2.08 bits per heavy atom. The smallest absolute Gasteiger partial charge is 0.337 e. The van der Waals surface area contributed by atoms with E-state index >= 15 is 0 Å². The van der Waals surface area contributed by atoms with Gasteiger partial charge in [-0.15, -0.1) is 0 Å². The molecule has 0 atom stereocenters. The van der Waals surface area contributed by atoms with Gasteiger partial charge in [-0.2, -0.15) is 13.2 Å². The molecule has 0 saturated carbocycles. The zero-order chi connectivity index (χ0) is 26.3. The third kappa shape index (κ3) is 5.15. The predicted molar refractivity (Wildman–Crippen MR) is 131 cm³/mol. The summed E-state index contributed by atoms with van der Waals surface area (Å²) in [7, 11) is -4.72. The van der Waals surface area contributed by atoms with E-state index in [2.05, 4.69) is 20.0 Å². The topological polar surface area (TPSA) is 101 Å². The Labute approximate surface area is 205 Å². The molecule has 0 spiro atoms. The molecule has 0 unspecified atom stereocenters. The number of rotatable bonds is 6. The van der Waals surface area contributed by atoms with Gasteiger partial charge >= 0.3 is 6.18 Å². The first-order valence-corrected chi connectivity index (χ1v) is 12.2. The second kappa shape index (κ2) is 9.23. The molecule has 4 rings (SSSR count). The lowest BCUT2D eigenvalue weighted by molar-refractivity contribution is -0.139. The van der Waals surface area contributed by atoms with Gasteiger partial charge in [0.15, 0.2) is 17.4 Å². The summed E-state index contributed by atoms with van der Waals surface area (Å²) in [6.45, 7) is 5.13. The molecule has 2 N–H and O–H groups in total. The number of benzene rings is 3. The first kappa shape index (κ1) is 25.1. The van der Waals surface area contributed by atoms with Crippen molar-refractivity contribution >= 4 is 44.2 Å². The Hall–Kier alpha value is -3.99. The van der Waals surface area contributed by atoms with Crippen molar-refractivity contribution in [2.45, 2.75) is 31.8 Å². The van der Waals surface area contributed by atoms with Crippen molar-refractivity contribution in [1.29, 1.82) is 0 Å². The van der Waals surface area contributed by atoms with E-state index in [4.69, 9.17) is 0 Å². The molecule has 7 nitrogen and oxygen atoms in total. The van der Waals surface area contributed by atoms with Crippen LogP contribution in [-0.4, -0.2) is 24.2 Å². The molecule has 0 saturated heterocycles. The third-order valence-electron chi connectivity index (χ3n) is 5.52. The number of fused-ring (bicyclic) bond motifs is 1. The van der Waals surface area contributed by atoms with Crippen molar-refractivity contribution in [3.63, 3.8) is 0 Å². The molecule has 0 fully saturated rings. The Bertz CT molecular complexity index is 1600. The highest BCUT2D eigenvalue weighted by atomic mass is 32.2. The van der Waals surface area contributed by atoms with Crippen LogP contribution in [0.15, 0.2) is 65.6 Å². The lowest BCUT2D eigenvalue weighted by Crippen LogP contribution is -2.20. The van der Waals surface area contributed by atoms with Gasteiger partial charge in [-0.05, 0) is 68.3 Å². The number of hydrogen-bond donors (Lipinski definition) is 2. The number of aryl methyl sites for hydroxylation is 2. The maximum atomic E-state index is 13.5. The molecule has 0 aliphatic rings. The van der Waals surface area contributed by atoms with Crippen molar-refractivity contribution < 1.29 is 26.4 Å². The SMILES string of the molecule is CC(=O)c1cccc(Nc2nc3cc(C)c(C)cc3nc2NS(=O)(=O)c2ccccc2C(F)(F)F)c1. The van der Waals surface area contributed by atoms with Crippen LogP contribution in [0.1, 0.15) is 34.0 Å². The molecule has 186 valence electrons. The number of aromatic nitrogens is 2. The van der Waals surface area contributed by atoms with Gasteiger partial charge in [0, 0.05) is 11.3 Å². The van der Waals surface area contributed by atoms with Gasteiger partial charge in [0.2, 0.25) is 0 Å². The van der Waals surface area contributed by atoms with Crippen molar-refractivity contribution in [2.24, 2.45) is 0 Å². The summed E-state index contributed by atoms with van der Waals surface area (Å²) in [6, 6.07) is 13.8. The van der Waals surface area contributed by atoms with E-state index < -0.39 is 26.7 Å². The van der Waals surface area contributed by atoms with Gasteiger partial charge in [-0.25, -0.2) is 18.4 Å². The van der Waals surface area contributed by atoms with Crippen LogP contribution in [0.25, 0.3) is 11.0 Å². The number of ketones is 1. The summed E-state index contributed by atoms with van der Waals surface area (Å²) >= 11 is 0. The van der Waals surface area contributed by atoms with Crippen molar-refractivity contribution in [2.75, 3.05) is 10.0 Å². The molecule has 1 aromatic heterocycles. The maximum absolute atomic E-state index is 13.5. The lowest BCUT2D eigenvalue weighted by Gasteiger charge is -2.17. The molecule has 3 aromatic carbocycles. The molecular formula is C25H21F3N4O3S. The number of nitrogens with zero attached hydrogens (tertiary/aromatic N) is 2. The maximum Gasteiger partial charge on any atom is 0.417 e. The zero-order valence-electron chi connectivity index (χ0n) is 19.4. The number of anilines is 3.